The number of hydrogen-bond donors (Lipinski definition) is 11. The standard InChI is InChI=1S/C38H58O19/c1-35-6-3-7-36(2,34(51)56-32-29(50)26(47)23(44)18(13-41)53-32)20(35)4-8-37-10-16(11-39)38(15-37,9-5-21(35)37)57-33-30(27(48)24(45)19(14-42)54-33)55-31-28(49)25(46)22(43)17(12-40)52-31/h10-11,17-33,40-50H,3-9,12-15H2,1-2H3/t17-,18-,19-,20-,21-,22-,23-,24-,25+,26+,27+,28-,29-,30-,31?,32+,33?,35+,36-,37+,38-/m1/s1. The molecule has 19 heteroatoms. The molecule has 19 nitrogen and oxygen atoms in total. The lowest BCUT2D eigenvalue weighted by molar-refractivity contribution is -0.378. The molecule has 0 aromatic carbocycles. The van der Waals surface area contributed by atoms with Gasteiger partial charge >= 0.3 is 5.97 Å². The van der Waals surface area contributed by atoms with Crippen molar-refractivity contribution >= 4 is 12.3 Å². The number of carbonyl (C=O) groups is 2. The van der Waals surface area contributed by atoms with Gasteiger partial charge in [-0.15, -0.1) is 0 Å². The van der Waals surface area contributed by atoms with E-state index in [0.29, 0.717) is 50.4 Å². The molecule has 2 bridgehead atoms. The van der Waals surface area contributed by atoms with Gasteiger partial charge in [0.15, 0.2) is 12.6 Å². The number of carbonyl (C=O) groups excluding carboxylic acids is 2. The highest BCUT2D eigenvalue weighted by Crippen LogP contribution is 2.72. The van der Waals surface area contributed by atoms with Gasteiger partial charge in [0.05, 0.1) is 25.2 Å². The predicted octanol–water partition coefficient (Wildman–Crippen LogP) is -3.76. The molecule has 11 N–H and O–H groups in total. The van der Waals surface area contributed by atoms with Gasteiger partial charge in [-0.1, -0.05) is 19.4 Å². The maximum absolute atomic E-state index is 14.1. The monoisotopic (exact) mass is 818 g/mol. The number of aliphatic hydroxyl groups excluding tert-OH is 11. The average Bonchev–Trinajstić information content (AvgIpc) is 3.42. The predicted molar refractivity (Wildman–Crippen MR) is 187 cm³/mol. The lowest BCUT2D eigenvalue weighted by Crippen LogP contribution is -2.66. The van der Waals surface area contributed by atoms with E-state index in [1.165, 1.54) is 0 Å². The largest absolute Gasteiger partial charge is 0.432 e. The zero-order valence-electron chi connectivity index (χ0n) is 31.9. The van der Waals surface area contributed by atoms with Gasteiger partial charge in [-0.25, -0.2) is 0 Å². The zero-order valence-corrected chi connectivity index (χ0v) is 31.9. The molecule has 3 saturated heterocycles. The number of aliphatic hydroxyl groups is 11. The molecule has 1 spiro atoms. The number of ether oxygens (including phenoxy) is 6. The SMILES string of the molecule is C[C@]12CCC[C@@](C)(C(=O)O[C@@H]3O[C@H](CO)[C@@H](O)[C@H](O)[C@H]3O)[C@@H]1CC[C@@]13C=C(C=O)[C@@](OC4O[C@H](CO)[C@@H](O)[C@H](O)[C@H]4OC4O[C@H](CO)[C@@H](O)[C@H](O)[C@H]4O)(CC[C@@H]12)C3. The van der Waals surface area contributed by atoms with Crippen LogP contribution in [0.3, 0.4) is 0 Å². The maximum atomic E-state index is 14.1. The highest BCUT2D eigenvalue weighted by Gasteiger charge is 2.68. The van der Waals surface area contributed by atoms with E-state index in [-0.39, 0.29) is 18.3 Å². The van der Waals surface area contributed by atoms with Gasteiger partial charge in [-0.3, -0.25) is 9.59 Å². The van der Waals surface area contributed by atoms with Crippen LogP contribution in [0.1, 0.15) is 65.2 Å². The molecule has 0 aromatic heterocycles. The number of hydrogen-bond acceptors (Lipinski definition) is 19. The highest BCUT2D eigenvalue weighted by atomic mass is 16.8. The Hall–Kier alpha value is -1.76. The Kier molecular flexibility index (Phi) is 12.1. The molecular formula is C38H58O19. The third kappa shape index (κ3) is 6.92. The summed E-state index contributed by atoms with van der Waals surface area (Å²) in [5.41, 5.74) is -3.06. The summed E-state index contributed by atoms with van der Waals surface area (Å²) >= 11 is 0. The van der Waals surface area contributed by atoms with Crippen molar-refractivity contribution in [2.75, 3.05) is 19.8 Å². The second kappa shape index (κ2) is 15.9. The summed E-state index contributed by atoms with van der Waals surface area (Å²) in [6.07, 6.45) is -17.7. The Morgan fingerprint density at radius 1 is 0.702 bits per heavy atom. The van der Waals surface area contributed by atoms with Gasteiger partial charge in [0, 0.05) is 5.57 Å². The van der Waals surface area contributed by atoms with Crippen molar-refractivity contribution in [3.8, 4) is 0 Å². The first kappa shape index (κ1) is 43.3. The summed E-state index contributed by atoms with van der Waals surface area (Å²) in [5.74, 6) is -0.903. The fourth-order valence-corrected chi connectivity index (χ4v) is 11.8. The second-order valence-corrected chi connectivity index (χ2v) is 17.8. The average molecular weight is 819 g/mol. The quantitative estimate of drug-likeness (QED) is 0.0573. The van der Waals surface area contributed by atoms with E-state index in [1.54, 1.807) is 0 Å². The van der Waals surface area contributed by atoms with Crippen LogP contribution in [0.2, 0.25) is 0 Å². The van der Waals surface area contributed by atoms with Gasteiger partial charge in [-0.2, -0.15) is 0 Å². The van der Waals surface area contributed by atoms with E-state index in [9.17, 15) is 65.8 Å². The lowest BCUT2D eigenvalue weighted by atomic mass is 9.40. The van der Waals surface area contributed by atoms with Crippen LogP contribution in [-0.2, 0) is 38.0 Å². The second-order valence-electron chi connectivity index (χ2n) is 17.8. The zero-order chi connectivity index (χ0) is 41.4. The van der Waals surface area contributed by atoms with Gasteiger partial charge in [0.1, 0.15) is 85.1 Å². The lowest BCUT2D eigenvalue weighted by Gasteiger charge is -2.64. The molecule has 0 amide bonds. The van der Waals surface area contributed by atoms with E-state index in [1.807, 2.05) is 13.0 Å². The molecule has 324 valence electrons. The van der Waals surface area contributed by atoms with Gasteiger partial charge in [0.25, 0.3) is 0 Å². The summed E-state index contributed by atoms with van der Waals surface area (Å²) in [7, 11) is 0. The topological polar surface area (TPSA) is 312 Å². The van der Waals surface area contributed by atoms with Crippen molar-refractivity contribution in [1.29, 1.82) is 0 Å². The Morgan fingerprint density at radius 3 is 1.84 bits per heavy atom. The van der Waals surface area contributed by atoms with Crippen LogP contribution in [0.25, 0.3) is 0 Å². The van der Waals surface area contributed by atoms with Crippen molar-refractivity contribution in [3.05, 3.63) is 11.6 Å². The van der Waals surface area contributed by atoms with Crippen molar-refractivity contribution in [2.45, 2.75) is 163 Å². The van der Waals surface area contributed by atoms with Crippen LogP contribution in [-0.4, -0.2) is 186 Å². The third-order valence-corrected chi connectivity index (χ3v) is 14.8. The number of aldehydes is 1. The smallest absolute Gasteiger partial charge is 0.314 e. The summed E-state index contributed by atoms with van der Waals surface area (Å²) in [4.78, 5) is 27.0. The van der Waals surface area contributed by atoms with E-state index in [2.05, 4.69) is 6.92 Å². The molecule has 2 unspecified atom stereocenters. The Labute approximate surface area is 328 Å². The van der Waals surface area contributed by atoms with Gasteiger partial charge in [0.2, 0.25) is 6.29 Å². The van der Waals surface area contributed by atoms with Gasteiger partial charge in [-0.05, 0) is 74.5 Å². The molecule has 3 saturated carbocycles. The number of rotatable bonds is 10. The molecule has 7 rings (SSSR count). The normalized spacial score (nSPS) is 53.6. The first-order valence-electron chi connectivity index (χ1n) is 19.9. The minimum absolute atomic E-state index is 0.0522. The third-order valence-electron chi connectivity index (χ3n) is 14.8. The number of allylic oxidation sites excluding steroid dienone is 1. The minimum Gasteiger partial charge on any atom is -0.432 e. The molecule has 57 heavy (non-hydrogen) atoms. The Balaban J connectivity index is 1.12. The minimum atomic E-state index is -1.86. The molecule has 7 aliphatic rings. The van der Waals surface area contributed by atoms with E-state index >= 15 is 0 Å². The fraction of sp³-hybridized carbons (Fsp3) is 0.895. The van der Waals surface area contributed by atoms with Crippen molar-refractivity contribution < 1.29 is 94.2 Å². The van der Waals surface area contributed by atoms with Crippen LogP contribution in [0.5, 0.6) is 0 Å². The summed E-state index contributed by atoms with van der Waals surface area (Å²) in [5, 5.41) is 114. The molecule has 3 aliphatic heterocycles. The van der Waals surface area contributed by atoms with E-state index in [4.69, 9.17) is 28.4 Å². The van der Waals surface area contributed by atoms with Crippen LogP contribution in [0.15, 0.2) is 11.6 Å². The molecule has 3 heterocycles. The van der Waals surface area contributed by atoms with Crippen molar-refractivity contribution in [2.24, 2.45) is 28.1 Å². The van der Waals surface area contributed by atoms with Crippen LogP contribution < -0.4 is 0 Å². The summed E-state index contributed by atoms with van der Waals surface area (Å²) in [6.45, 7) is 1.82. The number of esters is 1. The van der Waals surface area contributed by atoms with Crippen LogP contribution in [0.4, 0.5) is 0 Å². The van der Waals surface area contributed by atoms with Crippen molar-refractivity contribution in [1.82, 2.24) is 0 Å². The molecule has 0 aromatic rings. The molecule has 4 aliphatic carbocycles. The highest BCUT2D eigenvalue weighted by molar-refractivity contribution is 5.79. The Bertz CT molecular complexity index is 1510. The van der Waals surface area contributed by atoms with E-state index in [0.717, 1.165) is 6.42 Å². The maximum Gasteiger partial charge on any atom is 0.314 e. The van der Waals surface area contributed by atoms with Crippen molar-refractivity contribution in [3.63, 3.8) is 0 Å². The molecular weight excluding hydrogens is 760 g/mol. The summed E-state index contributed by atoms with van der Waals surface area (Å²) in [6, 6.07) is 0. The molecule has 6 fully saturated rings. The van der Waals surface area contributed by atoms with Gasteiger partial charge < -0.3 is 84.6 Å². The van der Waals surface area contributed by atoms with Crippen LogP contribution in [0, 0.1) is 28.1 Å². The molecule has 21 atom stereocenters. The number of fused-ring (bicyclic) bond motifs is 3. The first-order valence-corrected chi connectivity index (χ1v) is 19.9. The van der Waals surface area contributed by atoms with E-state index < -0.39 is 140 Å². The van der Waals surface area contributed by atoms with Crippen LogP contribution >= 0.6 is 0 Å². The Morgan fingerprint density at radius 2 is 1.25 bits per heavy atom. The first-order chi connectivity index (χ1) is 26.9. The fourth-order valence-electron chi connectivity index (χ4n) is 11.8. The molecule has 0 radical (unpaired) electrons. The summed E-state index contributed by atoms with van der Waals surface area (Å²) < 4.78 is 35.3.